The number of nitrogens with one attached hydrogen (secondary N) is 2. The molecule has 3 aromatic rings. The van der Waals surface area contributed by atoms with Crippen LogP contribution >= 0.6 is 0 Å². The van der Waals surface area contributed by atoms with Crippen LogP contribution in [0.4, 0.5) is 0 Å². The fourth-order valence-corrected chi connectivity index (χ4v) is 5.93. The van der Waals surface area contributed by atoms with Gasteiger partial charge < -0.3 is 24.8 Å². The standard InChI is InChI=1S/C34H34N2O7/c1-2-34(24-20-25(24)34)43-33(40)27(36-30(37)26-14-9-17-35-26)18-21-15-16-28(41-31(38)22-10-5-3-6-11-22)29(19-21)42-32(39)23-12-7-4-8-13-23/h3-8,10-13,15-16,19,24-27,35H,2,9,14,17-18,20H2,1H3,(H,36,37)/t24?,25?,26?,27-,34?/m0/s1. The molecule has 1 heterocycles. The second kappa shape index (κ2) is 12.0. The first kappa shape index (κ1) is 28.6. The number of hydrogen-bond acceptors (Lipinski definition) is 8. The van der Waals surface area contributed by atoms with E-state index in [2.05, 4.69) is 10.6 Å². The third-order valence-electron chi connectivity index (χ3n) is 8.63. The molecule has 2 N–H and O–H groups in total. The lowest BCUT2D eigenvalue weighted by Crippen LogP contribution is -2.50. The van der Waals surface area contributed by atoms with Crippen molar-refractivity contribution in [2.24, 2.45) is 11.8 Å². The molecule has 3 unspecified atom stereocenters. The molecule has 1 aliphatic heterocycles. The molecule has 2 saturated carbocycles. The van der Waals surface area contributed by atoms with Crippen molar-refractivity contribution < 1.29 is 33.4 Å². The molecule has 3 aliphatic rings. The normalized spacial score (nSPS) is 23.8. The van der Waals surface area contributed by atoms with E-state index in [9.17, 15) is 19.2 Å². The third kappa shape index (κ3) is 6.17. The second-order valence-electron chi connectivity index (χ2n) is 11.4. The molecule has 222 valence electrons. The summed E-state index contributed by atoms with van der Waals surface area (Å²) in [5.74, 6) is -1.10. The highest BCUT2D eigenvalue weighted by Gasteiger charge is 2.78. The van der Waals surface area contributed by atoms with Crippen molar-refractivity contribution >= 4 is 23.8 Å². The zero-order valence-corrected chi connectivity index (χ0v) is 23.9. The van der Waals surface area contributed by atoms with E-state index < -0.39 is 29.6 Å². The Morgan fingerprint density at radius 1 is 0.884 bits per heavy atom. The van der Waals surface area contributed by atoms with Crippen molar-refractivity contribution in [2.75, 3.05) is 6.54 Å². The van der Waals surface area contributed by atoms with Gasteiger partial charge in [-0.2, -0.15) is 0 Å². The minimum absolute atomic E-state index is 0.0139. The molecule has 0 aromatic heterocycles. The molecule has 0 bridgehead atoms. The Morgan fingerprint density at radius 2 is 1.51 bits per heavy atom. The average molecular weight is 583 g/mol. The van der Waals surface area contributed by atoms with E-state index in [4.69, 9.17) is 14.2 Å². The van der Waals surface area contributed by atoms with Gasteiger partial charge >= 0.3 is 17.9 Å². The second-order valence-corrected chi connectivity index (χ2v) is 11.4. The van der Waals surface area contributed by atoms with E-state index >= 15 is 0 Å². The summed E-state index contributed by atoms with van der Waals surface area (Å²) in [5, 5.41) is 6.06. The fraction of sp³-hybridized carbons (Fsp3) is 0.353. The van der Waals surface area contributed by atoms with Gasteiger partial charge in [-0.05, 0) is 74.2 Å². The van der Waals surface area contributed by atoms with E-state index in [1.165, 1.54) is 6.07 Å². The van der Waals surface area contributed by atoms with Gasteiger partial charge in [0.25, 0.3) is 0 Å². The van der Waals surface area contributed by atoms with Crippen LogP contribution in [0.25, 0.3) is 0 Å². The van der Waals surface area contributed by atoms with Crippen LogP contribution in [-0.2, 0) is 20.7 Å². The first-order valence-electron chi connectivity index (χ1n) is 14.8. The van der Waals surface area contributed by atoms with Gasteiger partial charge in [0.2, 0.25) is 5.91 Å². The van der Waals surface area contributed by atoms with Gasteiger partial charge in [-0.1, -0.05) is 49.4 Å². The Bertz CT molecular complexity index is 1510. The molecule has 4 atom stereocenters. The maximum absolute atomic E-state index is 13.5. The molecular weight excluding hydrogens is 548 g/mol. The van der Waals surface area contributed by atoms with E-state index in [0.29, 0.717) is 34.9 Å². The van der Waals surface area contributed by atoms with E-state index in [-0.39, 0.29) is 29.9 Å². The van der Waals surface area contributed by atoms with Crippen LogP contribution in [0.5, 0.6) is 11.5 Å². The predicted molar refractivity (Wildman–Crippen MR) is 157 cm³/mol. The lowest BCUT2D eigenvalue weighted by Gasteiger charge is -2.26. The zero-order valence-electron chi connectivity index (χ0n) is 23.9. The van der Waals surface area contributed by atoms with Crippen LogP contribution < -0.4 is 20.1 Å². The lowest BCUT2D eigenvalue weighted by molar-refractivity contribution is -0.159. The van der Waals surface area contributed by atoms with Crippen LogP contribution in [0.3, 0.4) is 0 Å². The number of ether oxygens (including phenoxy) is 3. The summed E-state index contributed by atoms with van der Waals surface area (Å²) < 4.78 is 17.3. The van der Waals surface area contributed by atoms with Crippen molar-refractivity contribution in [1.29, 1.82) is 0 Å². The lowest BCUT2D eigenvalue weighted by atomic mass is 10.0. The smallest absolute Gasteiger partial charge is 0.343 e. The van der Waals surface area contributed by atoms with Gasteiger partial charge in [0.15, 0.2) is 11.5 Å². The Labute approximate surface area is 249 Å². The van der Waals surface area contributed by atoms with Crippen LogP contribution in [-0.4, -0.2) is 48.0 Å². The summed E-state index contributed by atoms with van der Waals surface area (Å²) in [6.45, 7) is 2.76. The third-order valence-corrected chi connectivity index (χ3v) is 8.63. The quantitative estimate of drug-likeness (QED) is 0.255. The minimum Gasteiger partial charge on any atom is -0.457 e. The highest BCUT2D eigenvalue weighted by Crippen LogP contribution is 2.74. The van der Waals surface area contributed by atoms with Crippen molar-refractivity contribution in [3.63, 3.8) is 0 Å². The van der Waals surface area contributed by atoms with Crippen LogP contribution in [0, 0.1) is 11.8 Å². The van der Waals surface area contributed by atoms with Crippen LogP contribution in [0.15, 0.2) is 78.9 Å². The number of esters is 3. The van der Waals surface area contributed by atoms with Crippen LogP contribution in [0.1, 0.15) is 58.9 Å². The predicted octanol–water partition coefficient (Wildman–Crippen LogP) is 4.25. The van der Waals surface area contributed by atoms with Gasteiger partial charge in [0.05, 0.1) is 17.2 Å². The van der Waals surface area contributed by atoms with Gasteiger partial charge in [0, 0.05) is 18.3 Å². The molecule has 9 nitrogen and oxygen atoms in total. The molecule has 3 aromatic carbocycles. The summed E-state index contributed by atoms with van der Waals surface area (Å²) in [6.07, 6.45) is 3.48. The summed E-state index contributed by atoms with van der Waals surface area (Å²) in [5.41, 5.74) is 0.820. The molecule has 1 saturated heterocycles. The van der Waals surface area contributed by atoms with Crippen LogP contribution in [0.2, 0.25) is 0 Å². The van der Waals surface area contributed by atoms with Crippen molar-refractivity contribution in [1.82, 2.24) is 10.6 Å². The van der Waals surface area contributed by atoms with Gasteiger partial charge in [-0.15, -0.1) is 0 Å². The SMILES string of the molecule is CCC1(OC(=O)[C@H](Cc2ccc(OC(=O)c3ccccc3)c(OC(=O)c3ccccc3)c2)NC(=O)C2CCCN2)C2CC21. The van der Waals surface area contributed by atoms with E-state index in [0.717, 1.165) is 25.8 Å². The number of amides is 1. The van der Waals surface area contributed by atoms with Gasteiger partial charge in [0.1, 0.15) is 11.6 Å². The summed E-state index contributed by atoms with van der Waals surface area (Å²) in [7, 11) is 0. The molecule has 1 amide bonds. The van der Waals surface area contributed by atoms with Crippen molar-refractivity contribution in [3.05, 3.63) is 95.6 Å². The molecule has 6 rings (SSSR count). The van der Waals surface area contributed by atoms with Crippen molar-refractivity contribution in [3.8, 4) is 11.5 Å². The number of rotatable bonds is 11. The summed E-state index contributed by atoms with van der Waals surface area (Å²) in [4.78, 5) is 52.4. The number of hydrogen-bond donors (Lipinski definition) is 2. The molecule has 0 radical (unpaired) electrons. The summed E-state index contributed by atoms with van der Waals surface area (Å²) >= 11 is 0. The van der Waals surface area contributed by atoms with E-state index in [1.807, 2.05) is 6.92 Å². The Hall–Kier alpha value is -4.50. The molecule has 43 heavy (non-hydrogen) atoms. The first-order chi connectivity index (χ1) is 20.9. The highest BCUT2D eigenvalue weighted by atomic mass is 16.6. The Morgan fingerprint density at radius 3 is 2.05 bits per heavy atom. The first-order valence-corrected chi connectivity index (χ1v) is 14.8. The maximum atomic E-state index is 13.5. The van der Waals surface area contributed by atoms with E-state index in [1.54, 1.807) is 72.8 Å². The highest BCUT2D eigenvalue weighted by molar-refractivity contribution is 5.93. The monoisotopic (exact) mass is 582 g/mol. The number of benzene rings is 3. The largest absolute Gasteiger partial charge is 0.457 e. The molecule has 0 spiro atoms. The van der Waals surface area contributed by atoms with Gasteiger partial charge in [-0.25, -0.2) is 14.4 Å². The topological polar surface area (TPSA) is 120 Å². The average Bonchev–Trinajstić information content (AvgIpc) is 3.88. The number of fused-ring (bicyclic) bond motifs is 1. The fourth-order valence-electron chi connectivity index (χ4n) is 5.93. The Balaban J connectivity index is 1.25. The Kier molecular flexibility index (Phi) is 7.99. The molecule has 3 fully saturated rings. The molecular formula is C34H34N2O7. The zero-order chi connectivity index (χ0) is 30.0. The molecule has 9 heteroatoms. The summed E-state index contributed by atoms with van der Waals surface area (Å²) in [6, 6.07) is 20.4. The van der Waals surface area contributed by atoms with Gasteiger partial charge in [-0.3, -0.25) is 4.79 Å². The number of carbonyl (C=O) groups is 4. The molecule has 2 aliphatic carbocycles. The maximum Gasteiger partial charge on any atom is 0.343 e. The number of carbonyl (C=O) groups excluding carboxylic acids is 4. The van der Waals surface area contributed by atoms with Crippen molar-refractivity contribution in [2.45, 2.75) is 56.7 Å². The minimum atomic E-state index is -0.950.